The number of para-hydroxylation sites is 1. The minimum atomic E-state index is -0.315. The van der Waals surface area contributed by atoms with Gasteiger partial charge in [0.1, 0.15) is 23.5 Å². The van der Waals surface area contributed by atoms with E-state index in [1.807, 2.05) is 6.20 Å². The van der Waals surface area contributed by atoms with Gasteiger partial charge in [-0.05, 0) is 25.0 Å². The number of rotatable bonds is 3. The Morgan fingerprint density at radius 1 is 1.08 bits per heavy atom. The first-order chi connectivity index (χ1) is 12.2. The van der Waals surface area contributed by atoms with Crippen LogP contribution >= 0.6 is 12.4 Å². The Kier molecular flexibility index (Phi) is 5.49. The number of piperidine rings is 1. The molecule has 3 heterocycles. The number of nitrogens with two attached hydrogens (primary N) is 1. The highest BCUT2D eigenvalue weighted by Gasteiger charge is 2.21. The van der Waals surface area contributed by atoms with Gasteiger partial charge in [0, 0.05) is 30.9 Å². The largest absolute Gasteiger partial charge is 0.368 e. The molecule has 0 spiro atoms. The average molecular weight is 375 g/mol. The minimum Gasteiger partial charge on any atom is -0.368 e. The van der Waals surface area contributed by atoms with Crippen LogP contribution in [0.1, 0.15) is 12.8 Å². The molecule has 0 unspecified atom stereocenters. The van der Waals surface area contributed by atoms with E-state index >= 15 is 0 Å². The van der Waals surface area contributed by atoms with Crippen molar-refractivity contribution in [3.63, 3.8) is 0 Å². The maximum absolute atomic E-state index is 14.0. The van der Waals surface area contributed by atoms with E-state index in [1.54, 1.807) is 30.6 Å². The maximum Gasteiger partial charge on any atom is 0.148 e. The van der Waals surface area contributed by atoms with Crippen LogP contribution in [0, 0.1) is 5.82 Å². The summed E-state index contributed by atoms with van der Waals surface area (Å²) in [5.74, 6) is -0.315. The van der Waals surface area contributed by atoms with E-state index in [9.17, 15) is 4.39 Å². The third kappa shape index (κ3) is 3.54. The lowest BCUT2D eigenvalue weighted by Gasteiger charge is -2.32. The summed E-state index contributed by atoms with van der Waals surface area (Å²) in [6, 6.07) is 6.82. The quantitative estimate of drug-likeness (QED) is 0.763. The van der Waals surface area contributed by atoms with Crippen LogP contribution in [0.2, 0.25) is 0 Å². The first-order valence-corrected chi connectivity index (χ1v) is 8.33. The normalized spacial score (nSPS) is 14.9. The highest BCUT2D eigenvalue weighted by atomic mass is 35.5. The van der Waals surface area contributed by atoms with Crippen LogP contribution in [0.4, 0.5) is 10.1 Å². The van der Waals surface area contributed by atoms with Gasteiger partial charge in [0.25, 0.3) is 0 Å². The van der Waals surface area contributed by atoms with Crippen LogP contribution in [0.15, 0.2) is 49.2 Å². The van der Waals surface area contributed by atoms with Crippen molar-refractivity contribution in [1.82, 2.24) is 19.7 Å². The molecule has 0 bridgehead atoms. The molecule has 0 saturated carbocycles. The monoisotopic (exact) mass is 374 g/mol. The van der Waals surface area contributed by atoms with Gasteiger partial charge in [0.05, 0.1) is 18.1 Å². The van der Waals surface area contributed by atoms with Crippen LogP contribution in [0.25, 0.3) is 16.9 Å². The second-order valence-corrected chi connectivity index (χ2v) is 6.21. The summed E-state index contributed by atoms with van der Waals surface area (Å²) in [6.07, 6.45) is 8.73. The smallest absolute Gasteiger partial charge is 0.148 e. The fourth-order valence-corrected chi connectivity index (χ4v) is 3.13. The summed E-state index contributed by atoms with van der Waals surface area (Å²) in [5.41, 5.74) is 9.00. The van der Waals surface area contributed by atoms with E-state index in [1.165, 1.54) is 17.1 Å². The van der Waals surface area contributed by atoms with Gasteiger partial charge in [-0.1, -0.05) is 12.1 Å². The first-order valence-electron chi connectivity index (χ1n) is 8.33. The van der Waals surface area contributed by atoms with Crippen LogP contribution in [-0.2, 0) is 0 Å². The Balaban J connectivity index is 0.00000196. The third-order valence-corrected chi connectivity index (χ3v) is 4.53. The molecule has 1 fully saturated rings. The summed E-state index contributed by atoms with van der Waals surface area (Å²) < 4.78 is 15.5. The van der Waals surface area contributed by atoms with Gasteiger partial charge in [-0.3, -0.25) is 0 Å². The van der Waals surface area contributed by atoms with E-state index in [2.05, 4.69) is 20.0 Å². The predicted octanol–water partition coefficient (Wildman–Crippen LogP) is 2.82. The molecule has 0 atom stereocenters. The molecule has 1 aromatic carbocycles. The molecule has 0 radical (unpaired) electrons. The Labute approximate surface area is 157 Å². The van der Waals surface area contributed by atoms with Crippen molar-refractivity contribution in [2.24, 2.45) is 5.73 Å². The van der Waals surface area contributed by atoms with Gasteiger partial charge < -0.3 is 10.6 Å². The summed E-state index contributed by atoms with van der Waals surface area (Å²) in [7, 11) is 0. The summed E-state index contributed by atoms with van der Waals surface area (Å²) >= 11 is 0. The number of hydrogen-bond acceptors (Lipinski definition) is 5. The predicted molar refractivity (Wildman–Crippen MR) is 101 cm³/mol. The molecule has 26 heavy (non-hydrogen) atoms. The summed E-state index contributed by atoms with van der Waals surface area (Å²) in [5, 5.41) is 4.30. The number of hydrogen-bond donors (Lipinski definition) is 1. The van der Waals surface area contributed by atoms with Crippen molar-refractivity contribution in [3.05, 3.63) is 55.0 Å². The fourth-order valence-electron chi connectivity index (χ4n) is 3.13. The van der Waals surface area contributed by atoms with Crippen LogP contribution in [-0.4, -0.2) is 38.9 Å². The molecular weight excluding hydrogens is 355 g/mol. The lowest BCUT2D eigenvalue weighted by molar-refractivity contribution is 0.501. The third-order valence-electron chi connectivity index (χ3n) is 4.53. The van der Waals surface area contributed by atoms with Gasteiger partial charge in [-0.25, -0.2) is 19.0 Å². The minimum absolute atomic E-state index is 0. The van der Waals surface area contributed by atoms with Crippen molar-refractivity contribution in [3.8, 4) is 16.9 Å². The molecule has 1 aliphatic heterocycles. The molecule has 0 amide bonds. The van der Waals surface area contributed by atoms with Crippen LogP contribution in [0.5, 0.6) is 0 Å². The molecule has 1 saturated heterocycles. The maximum atomic E-state index is 14.0. The Morgan fingerprint density at radius 3 is 2.62 bits per heavy atom. The lowest BCUT2D eigenvalue weighted by atomic mass is 10.0. The molecule has 2 aromatic heterocycles. The molecule has 2 N–H and O–H groups in total. The van der Waals surface area contributed by atoms with Gasteiger partial charge in [0.2, 0.25) is 0 Å². The number of anilines is 1. The number of benzene rings is 1. The SMILES string of the molecule is Cl.NC1CCN(c2cncnc2-c2cnn(-c3ccccc3F)c2)CC1. The van der Waals surface area contributed by atoms with Gasteiger partial charge in [-0.15, -0.1) is 12.4 Å². The molecule has 0 aliphatic carbocycles. The average Bonchev–Trinajstić information content (AvgIpc) is 3.12. The van der Waals surface area contributed by atoms with Gasteiger partial charge in [-0.2, -0.15) is 5.10 Å². The number of aromatic nitrogens is 4. The standard InChI is InChI=1S/C18H19FN6.ClH/c19-15-3-1-2-4-16(15)25-11-13(9-23-25)18-17(10-21-12-22-18)24-7-5-14(20)6-8-24;/h1-4,9-12,14H,5-8,20H2;1H. The second kappa shape index (κ2) is 7.80. The Morgan fingerprint density at radius 2 is 1.85 bits per heavy atom. The molecule has 1 aliphatic rings. The van der Waals surface area contributed by atoms with E-state index in [0.717, 1.165) is 42.9 Å². The highest BCUT2D eigenvalue weighted by molar-refractivity contribution is 5.85. The summed E-state index contributed by atoms with van der Waals surface area (Å²) in [4.78, 5) is 10.9. The number of halogens is 2. The first kappa shape index (κ1) is 18.3. The van der Waals surface area contributed by atoms with E-state index in [-0.39, 0.29) is 24.3 Å². The number of nitrogens with zero attached hydrogens (tertiary/aromatic N) is 5. The van der Waals surface area contributed by atoms with Crippen molar-refractivity contribution in [2.75, 3.05) is 18.0 Å². The fraction of sp³-hybridized carbons (Fsp3) is 0.278. The molecule has 136 valence electrons. The summed E-state index contributed by atoms with van der Waals surface area (Å²) in [6.45, 7) is 1.76. The Bertz CT molecular complexity index is 875. The molecule has 3 aromatic rings. The second-order valence-electron chi connectivity index (χ2n) is 6.21. The van der Waals surface area contributed by atoms with E-state index in [4.69, 9.17) is 5.73 Å². The van der Waals surface area contributed by atoms with Crippen LogP contribution in [0.3, 0.4) is 0 Å². The van der Waals surface area contributed by atoms with Gasteiger partial charge in [0.15, 0.2) is 0 Å². The van der Waals surface area contributed by atoms with Crippen molar-refractivity contribution >= 4 is 18.1 Å². The topological polar surface area (TPSA) is 72.9 Å². The highest BCUT2D eigenvalue weighted by Crippen LogP contribution is 2.30. The molecule has 6 nitrogen and oxygen atoms in total. The van der Waals surface area contributed by atoms with Gasteiger partial charge >= 0.3 is 0 Å². The lowest BCUT2D eigenvalue weighted by Crippen LogP contribution is -2.40. The van der Waals surface area contributed by atoms with Crippen molar-refractivity contribution in [2.45, 2.75) is 18.9 Å². The zero-order valence-corrected chi connectivity index (χ0v) is 14.9. The van der Waals surface area contributed by atoms with Crippen molar-refractivity contribution < 1.29 is 4.39 Å². The molecular formula is C18H20ClFN6. The van der Waals surface area contributed by atoms with E-state index in [0.29, 0.717) is 5.69 Å². The van der Waals surface area contributed by atoms with E-state index < -0.39 is 0 Å². The zero-order chi connectivity index (χ0) is 17.2. The van der Waals surface area contributed by atoms with Crippen LogP contribution < -0.4 is 10.6 Å². The molecule has 8 heteroatoms. The Hall–Kier alpha value is -2.51. The molecule has 4 rings (SSSR count). The van der Waals surface area contributed by atoms with Crippen molar-refractivity contribution in [1.29, 1.82) is 0 Å². The zero-order valence-electron chi connectivity index (χ0n) is 14.1.